The Morgan fingerprint density at radius 2 is 1.72 bits per heavy atom. The molecule has 0 aliphatic heterocycles. The Hall–Kier alpha value is -3.68. The van der Waals surface area contributed by atoms with E-state index >= 15 is 0 Å². The lowest BCUT2D eigenvalue weighted by Crippen LogP contribution is -2.37. The molecule has 4 rings (SSSR count). The zero-order valence-corrected chi connectivity index (χ0v) is 16.0. The van der Waals surface area contributed by atoms with Crippen molar-refractivity contribution >= 4 is 12.1 Å². The van der Waals surface area contributed by atoms with Crippen LogP contribution in [0, 0.1) is 0 Å². The molecule has 0 saturated heterocycles. The fourth-order valence-corrected chi connectivity index (χ4v) is 3.78. The number of hydrogen-bond acceptors (Lipinski definition) is 5. The standard InChI is InChI=1S/C21H20N4O4/c1-24(19(20(26)27)18-11-22-25(2)23-18)21(28)29-12-17-15-9-5-3-7-13(15)14-8-4-6-10-16(14)17/h3-11,17,19H,12H2,1-2H3,(H,26,27). The molecule has 0 radical (unpaired) electrons. The van der Waals surface area contributed by atoms with Crippen LogP contribution in [0.3, 0.4) is 0 Å². The lowest BCUT2D eigenvalue weighted by Gasteiger charge is -2.23. The molecule has 148 valence electrons. The van der Waals surface area contributed by atoms with Crippen LogP contribution in [0.2, 0.25) is 0 Å². The number of hydrogen-bond donors (Lipinski definition) is 1. The van der Waals surface area contributed by atoms with Crippen LogP contribution in [-0.2, 0) is 16.6 Å². The molecule has 3 aromatic rings. The van der Waals surface area contributed by atoms with Gasteiger partial charge >= 0.3 is 12.1 Å². The van der Waals surface area contributed by atoms with Gasteiger partial charge in [-0.1, -0.05) is 48.5 Å². The second-order valence-corrected chi connectivity index (χ2v) is 6.91. The number of carbonyl (C=O) groups excluding carboxylic acids is 1. The first-order valence-corrected chi connectivity index (χ1v) is 9.14. The summed E-state index contributed by atoms with van der Waals surface area (Å²) in [6, 6.07) is 14.8. The Balaban J connectivity index is 1.53. The first-order chi connectivity index (χ1) is 14.0. The third-order valence-corrected chi connectivity index (χ3v) is 5.14. The van der Waals surface area contributed by atoms with Crippen molar-refractivity contribution in [1.29, 1.82) is 0 Å². The largest absolute Gasteiger partial charge is 0.479 e. The minimum Gasteiger partial charge on any atom is -0.479 e. The normalized spacial score (nSPS) is 13.4. The van der Waals surface area contributed by atoms with Crippen molar-refractivity contribution in [2.75, 3.05) is 13.7 Å². The van der Waals surface area contributed by atoms with Gasteiger partial charge in [-0.3, -0.25) is 4.90 Å². The zero-order chi connectivity index (χ0) is 20.5. The maximum absolute atomic E-state index is 12.6. The highest BCUT2D eigenvalue weighted by Crippen LogP contribution is 2.44. The van der Waals surface area contributed by atoms with Crippen molar-refractivity contribution in [1.82, 2.24) is 19.9 Å². The van der Waals surface area contributed by atoms with Gasteiger partial charge in [-0.2, -0.15) is 15.0 Å². The Morgan fingerprint density at radius 3 is 2.24 bits per heavy atom. The monoisotopic (exact) mass is 392 g/mol. The second kappa shape index (κ2) is 7.38. The molecule has 1 amide bonds. The Kier molecular flexibility index (Phi) is 4.75. The van der Waals surface area contributed by atoms with Crippen molar-refractivity contribution in [2.24, 2.45) is 7.05 Å². The Labute approximate surface area is 167 Å². The van der Waals surface area contributed by atoms with E-state index < -0.39 is 18.1 Å². The average Bonchev–Trinajstić information content (AvgIpc) is 3.27. The highest BCUT2D eigenvalue weighted by Gasteiger charge is 2.34. The summed E-state index contributed by atoms with van der Waals surface area (Å²) in [6.07, 6.45) is 0.594. The molecule has 8 nitrogen and oxygen atoms in total. The summed E-state index contributed by atoms with van der Waals surface area (Å²) < 4.78 is 5.53. The van der Waals surface area contributed by atoms with Crippen LogP contribution in [0.5, 0.6) is 0 Å². The average molecular weight is 392 g/mol. The van der Waals surface area contributed by atoms with Gasteiger partial charge in [-0.25, -0.2) is 9.59 Å². The van der Waals surface area contributed by atoms with Crippen molar-refractivity contribution in [3.8, 4) is 11.1 Å². The first kappa shape index (κ1) is 18.7. The number of likely N-dealkylation sites (N-methyl/N-ethyl adjacent to an activating group) is 1. The molecule has 1 aliphatic carbocycles. The van der Waals surface area contributed by atoms with Crippen molar-refractivity contribution in [3.05, 3.63) is 71.5 Å². The van der Waals surface area contributed by atoms with Crippen LogP contribution < -0.4 is 0 Å². The number of benzene rings is 2. The molecule has 0 spiro atoms. The minimum absolute atomic E-state index is 0.0976. The summed E-state index contributed by atoms with van der Waals surface area (Å²) in [4.78, 5) is 26.6. The number of nitrogens with zero attached hydrogens (tertiary/aromatic N) is 4. The lowest BCUT2D eigenvalue weighted by atomic mass is 9.98. The molecule has 1 atom stereocenters. The van der Waals surface area contributed by atoms with Crippen molar-refractivity contribution < 1.29 is 19.4 Å². The SMILES string of the molecule is CN(C(=O)OCC1c2ccccc2-c2ccccc21)C(C(=O)O)c1cnn(C)n1. The molecular formula is C21H20N4O4. The van der Waals surface area contributed by atoms with Crippen LogP contribution in [0.25, 0.3) is 11.1 Å². The van der Waals surface area contributed by atoms with Crippen LogP contribution in [-0.4, -0.2) is 50.7 Å². The van der Waals surface area contributed by atoms with E-state index in [9.17, 15) is 14.7 Å². The summed E-state index contributed by atoms with van der Waals surface area (Å²) in [5.74, 6) is -1.30. The van der Waals surface area contributed by atoms with E-state index in [2.05, 4.69) is 22.3 Å². The highest BCUT2D eigenvalue weighted by atomic mass is 16.6. The number of carbonyl (C=O) groups is 2. The molecule has 29 heavy (non-hydrogen) atoms. The van der Waals surface area contributed by atoms with Gasteiger partial charge in [0.15, 0.2) is 6.04 Å². The lowest BCUT2D eigenvalue weighted by molar-refractivity contribution is -0.142. The van der Waals surface area contributed by atoms with Crippen LogP contribution in [0.1, 0.15) is 28.8 Å². The summed E-state index contributed by atoms with van der Waals surface area (Å²) >= 11 is 0. The van der Waals surface area contributed by atoms with Gasteiger partial charge < -0.3 is 9.84 Å². The van der Waals surface area contributed by atoms with E-state index in [1.165, 1.54) is 18.0 Å². The number of rotatable bonds is 5. The molecule has 8 heteroatoms. The van der Waals surface area contributed by atoms with E-state index in [-0.39, 0.29) is 18.2 Å². The molecule has 0 bridgehead atoms. The van der Waals surface area contributed by atoms with Crippen LogP contribution in [0.15, 0.2) is 54.7 Å². The number of fused-ring (bicyclic) bond motifs is 3. The number of ether oxygens (including phenoxy) is 1. The molecule has 2 aromatic carbocycles. The molecule has 1 aromatic heterocycles. The van der Waals surface area contributed by atoms with Gasteiger partial charge in [0.05, 0.1) is 6.20 Å². The highest BCUT2D eigenvalue weighted by molar-refractivity contribution is 5.81. The minimum atomic E-state index is -1.28. The fourth-order valence-electron chi connectivity index (χ4n) is 3.78. The van der Waals surface area contributed by atoms with Crippen LogP contribution >= 0.6 is 0 Å². The Bertz CT molecular complexity index is 1030. The quantitative estimate of drug-likeness (QED) is 0.717. The molecule has 1 aliphatic rings. The Morgan fingerprint density at radius 1 is 1.14 bits per heavy atom. The summed E-state index contributed by atoms with van der Waals surface area (Å²) in [6.45, 7) is 0.115. The predicted octanol–water partition coefficient (Wildman–Crippen LogP) is 2.82. The van der Waals surface area contributed by atoms with Gasteiger partial charge in [0, 0.05) is 20.0 Å². The van der Waals surface area contributed by atoms with E-state index in [4.69, 9.17) is 4.74 Å². The van der Waals surface area contributed by atoms with Gasteiger partial charge in [0.2, 0.25) is 0 Å². The summed E-state index contributed by atoms with van der Waals surface area (Å²) in [7, 11) is 2.96. The smallest absolute Gasteiger partial charge is 0.410 e. The molecule has 1 unspecified atom stereocenters. The van der Waals surface area contributed by atoms with Gasteiger partial charge in [0.1, 0.15) is 12.3 Å². The van der Waals surface area contributed by atoms with E-state index in [0.717, 1.165) is 27.2 Å². The molecular weight excluding hydrogens is 372 g/mol. The number of carboxylic acid groups (broad SMARTS) is 1. The number of carboxylic acids is 1. The fraction of sp³-hybridized carbons (Fsp3) is 0.238. The van der Waals surface area contributed by atoms with E-state index in [1.54, 1.807) is 7.05 Å². The van der Waals surface area contributed by atoms with E-state index in [0.29, 0.717) is 0 Å². The number of aromatic nitrogens is 3. The van der Waals surface area contributed by atoms with Crippen molar-refractivity contribution in [3.63, 3.8) is 0 Å². The van der Waals surface area contributed by atoms with E-state index in [1.807, 2.05) is 36.4 Å². The number of aliphatic carboxylic acids is 1. The van der Waals surface area contributed by atoms with Crippen LogP contribution in [0.4, 0.5) is 4.79 Å². The topological polar surface area (TPSA) is 97.5 Å². The maximum atomic E-state index is 12.6. The molecule has 1 heterocycles. The van der Waals surface area contributed by atoms with Crippen molar-refractivity contribution in [2.45, 2.75) is 12.0 Å². The third kappa shape index (κ3) is 3.33. The molecule has 0 fully saturated rings. The molecule has 1 N–H and O–H groups in total. The van der Waals surface area contributed by atoms with Gasteiger partial charge in [-0.05, 0) is 22.3 Å². The zero-order valence-electron chi connectivity index (χ0n) is 16.0. The number of aryl methyl sites for hydroxylation is 1. The van der Waals surface area contributed by atoms with Gasteiger partial charge in [-0.15, -0.1) is 0 Å². The number of amides is 1. The summed E-state index contributed by atoms with van der Waals surface area (Å²) in [5.41, 5.74) is 4.60. The van der Waals surface area contributed by atoms with Gasteiger partial charge in [0.25, 0.3) is 0 Å². The summed E-state index contributed by atoms with van der Waals surface area (Å²) in [5, 5.41) is 17.5. The maximum Gasteiger partial charge on any atom is 0.410 e. The second-order valence-electron chi connectivity index (χ2n) is 6.91. The molecule has 0 saturated carbocycles. The first-order valence-electron chi connectivity index (χ1n) is 9.14. The predicted molar refractivity (Wildman–Crippen MR) is 104 cm³/mol. The third-order valence-electron chi connectivity index (χ3n) is 5.14.